The first-order valence-electron chi connectivity index (χ1n) is 8.21. The van der Waals surface area contributed by atoms with E-state index in [1.807, 2.05) is 66.7 Å². The molecule has 5 nitrogen and oxygen atoms in total. The Morgan fingerprint density at radius 2 is 1.73 bits per heavy atom. The van der Waals surface area contributed by atoms with E-state index in [0.717, 1.165) is 22.4 Å². The molecular weight excluding hydrogens is 326 g/mol. The Morgan fingerprint density at radius 1 is 1.00 bits per heavy atom. The van der Waals surface area contributed by atoms with Crippen LogP contribution in [0.2, 0.25) is 0 Å². The molecule has 0 aliphatic carbocycles. The third-order valence-electron chi connectivity index (χ3n) is 3.80. The fourth-order valence-corrected chi connectivity index (χ4v) is 2.48. The average Bonchev–Trinajstić information content (AvgIpc) is 2.70. The second-order valence-electron chi connectivity index (χ2n) is 5.63. The van der Waals surface area contributed by atoms with Crippen LogP contribution in [0.3, 0.4) is 0 Å². The van der Waals surface area contributed by atoms with Gasteiger partial charge in [-0.15, -0.1) is 0 Å². The highest BCUT2D eigenvalue weighted by atomic mass is 16.5. The zero-order chi connectivity index (χ0) is 18.2. The van der Waals surface area contributed by atoms with Gasteiger partial charge in [0.15, 0.2) is 0 Å². The number of hydrogen-bond donors (Lipinski definition) is 1. The van der Waals surface area contributed by atoms with Crippen LogP contribution in [0, 0.1) is 0 Å². The molecule has 0 aliphatic rings. The van der Waals surface area contributed by atoms with Crippen molar-refractivity contribution in [3.8, 4) is 5.75 Å². The third-order valence-corrected chi connectivity index (χ3v) is 3.80. The van der Waals surface area contributed by atoms with Gasteiger partial charge in [0.05, 0.1) is 19.2 Å². The van der Waals surface area contributed by atoms with E-state index in [2.05, 4.69) is 15.5 Å². The molecule has 3 rings (SSSR count). The number of nitrogens with zero attached hydrogens (tertiary/aromatic N) is 2. The monoisotopic (exact) mass is 345 g/mol. The summed E-state index contributed by atoms with van der Waals surface area (Å²) in [7, 11) is 1.61. The molecule has 0 saturated heterocycles. The summed E-state index contributed by atoms with van der Waals surface area (Å²) in [5.74, 6) is 0.572. The van der Waals surface area contributed by atoms with Gasteiger partial charge < -0.3 is 4.74 Å². The Kier molecular flexibility index (Phi) is 5.72. The molecule has 1 heterocycles. The summed E-state index contributed by atoms with van der Waals surface area (Å²) in [6, 6.07) is 20.8. The Balaban J connectivity index is 1.76. The van der Waals surface area contributed by atoms with E-state index in [1.54, 1.807) is 19.5 Å². The fraction of sp³-hybridized carbons (Fsp3) is 0.0952. The lowest BCUT2D eigenvalue weighted by atomic mass is 10.0. The number of amides is 1. The van der Waals surface area contributed by atoms with E-state index < -0.39 is 0 Å². The molecule has 0 saturated carbocycles. The van der Waals surface area contributed by atoms with Crippen LogP contribution in [0.15, 0.2) is 84.2 Å². The van der Waals surface area contributed by atoms with Crippen LogP contribution in [0.4, 0.5) is 0 Å². The number of nitrogens with one attached hydrogen (secondary N) is 1. The molecule has 0 atom stereocenters. The van der Waals surface area contributed by atoms with Gasteiger partial charge in [-0.1, -0.05) is 42.5 Å². The van der Waals surface area contributed by atoms with Gasteiger partial charge in [-0.25, -0.2) is 5.43 Å². The van der Waals surface area contributed by atoms with Crippen LogP contribution in [0.25, 0.3) is 0 Å². The second kappa shape index (κ2) is 8.58. The Bertz CT molecular complexity index is 835. The number of carbonyl (C=O) groups is 1. The normalized spacial score (nSPS) is 11.0. The smallest absolute Gasteiger partial charge is 0.244 e. The Hall–Kier alpha value is -3.47. The standard InChI is InChI=1S/C21H19N3O2/c1-26-19-11-9-16(10-12-19)14-20(25)23-24-21(17-6-3-2-4-7-17)18-8-5-13-22-15-18/h2-13,15H,14H2,1H3,(H,23,25)/b24-21+. The lowest BCUT2D eigenvalue weighted by Gasteiger charge is -2.08. The minimum atomic E-state index is -0.188. The van der Waals surface area contributed by atoms with Crippen molar-refractivity contribution >= 4 is 11.6 Å². The maximum Gasteiger partial charge on any atom is 0.244 e. The highest BCUT2D eigenvalue weighted by Gasteiger charge is 2.09. The molecule has 3 aromatic rings. The SMILES string of the molecule is COc1ccc(CC(=O)N/N=C(\c2ccccc2)c2cccnc2)cc1. The van der Waals surface area contributed by atoms with E-state index in [1.165, 1.54) is 0 Å². The largest absolute Gasteiger partial charge is 0.497 e. The van der Waals surface area contributed by atoms with Crippen molar-refractivity contribution < 1.29 is 9.53 Å². The van der Waals surface area contributed by atoms with Gasteiger partial charge in [-0.3, -0.25) is 9.78 Å². The summed E-state index contributed by atoms with van der Waals surface area (Å²) < 4.78 is 5.12. The summed E-state index contributed by atoms with van der Waals surface area (Å²) in [4.78, 5) is 16.4. The van der Waals surface area contributed by atoms with Gasteiger partial charge in [0.1, 0.15) is 5.75 Å². The minimum Gasteiger partial charge on any atom is -0.497 e. The summed E-state index contributed by atoms with van der Waals surface area (Å²) in [5, 5.41) is 4.35. The molecule has 0 fully saturated rings. The quantitative estimate of drug-likeness (QED) is 0.551. The van der Waals surface area contributed by atoms with E-state index in [-0.39, 0.29) is 12.3 Å². The van der Waals surface area contributed by atoms with Crippen molar-refractivity contribution in [1.82, 2.24) is 10.4 Å². The van der Waals surface area contributed by atoms with Gasteiger partial charge >= 0.3 is 0 Å². The van der Waals surface area contributed by atoms with Crippen molar-refractivity contribution in [3.05, 3.63) is 95.8 Å². The van der Waals surface area contributed by atoms with Crippen LogP contribution in [-0.2, 0) is 11.2 Å². The lowest BCUT2D eigenvalue weighted by Crippen LogP contribution is -2.22. The number of ether oxygens (including phenoxy) is 1. The number of hydrogen-bond acceptors (Lipinski definition) is 4. The molecule has 0 spiro atoms. The number of aromatic nitrogens is 1. The molecule has 5 heteroatoms. The number of hydrazone groups is 1. The molecule has 1 N–H and O–H groups in total. The van der Waals surface area contributed by atoms with Crippen molar-refractivity contribution in [1.29, 1.82) is 0 Å². The van der Waals surface area contributed by atoms with Crippen LogP contribution in [0.1, 0.15) is 16.7 Å². The van der Waals surface area contributed by atoms with E-state index in [9.17, 15) is 4.79 Å². The zero-order valence-corrected chi connectivity index (χ0v) is 14.4. The molecule has 1 aromatic heterocycles. The van der Waals surface area contributed by atoms with Gasteiger partial charge in [0.25, 0.3) is 0 Å². The van der Waals surface area contributed by atoms with Crippen LogP contribution in [-0.4, -0.2) is 23.7 Å². The summed E-state index contributed by atoms with van der Waals surface area (Å²) in [6.07, 6.45) is 3.67. The molecule has 2 aromatic carbocycles. The predicted octanol–water partition coefficient (Wildman–Crippen LogP) is 3.20. The summed E-state index contributed by atoms with van der Waals surface area (Å²) >= 11 is 0. The molecule has 26 heavy (non-hydrogen) atoms. The highest BCUT2D eigenvalue weighted by molar-refractivity contribution is 6.12. The van der Waals surface area contributed by atoms with Gasteiger partial charge in [-0.05, 0) is 29.8 Å². The van der Waals surface area contributed by atoms with Crippen molar-refractivity contribution in [2.75, 3.05) is 7.11 Å². The van der Waals surface area contributed by atoms with Crippen molar-refractivity contribution in [2.45, 2.75) is 6.42 Å². The molecule has 0 radical (unpaired) electrons. The second-order valence-corrected chi connectivity index (χ2v) is 5.63. The van der Waals surface area contributed by atoms with Gasteiger partial charge in [0.2, 0.25) is 5.91 Å². The number of pyridine rings is 1. The molecule has 0 bridgehead atoms. The number of methoxy groups -OCH3 is 1. The first-order valence-corrected chi connectivity index (χ1v) is 8.21. The maximum absolute atomic E-state index is 12.3. The van der Waals surface area contributed by atoms with Crippen molar-refractivity contribution in [2.24, 2.45) is 5.10 Å². The van der Waals surface area contributed by atoms with Crippen molar-refractivity contribution in [3.63, 3.8) is 0 Å². The fourth-order valence-electron chi connectivity index (χ4n) is 2.48. The van der Waals surface area contributed by atoms with Gasteiger partial charge in [-0.2, -0.15) is 5.10 Å². The zero-order valence-electron chi connectivity index (χ0n) is 14.4. The van der Waals surface area contributed by atoms with Crippen LogP contribution >= 0.6 is 0 Å². The van der Waals surface area contributed by atoms with E-state index in [0.29, 0.717) is 5.71 Å². The topological polar surface area (TPSA) is 63.6 Å². The third kappa shape index (κ3) is 4.54. The average molecular weight is 345 g/mol. The Morgan fingerprint density at radius 3 is 2.38 bits per heavy atom. The highest BCUT2D eigenvalue weighted by Crippen LogP contribution is 2.12. The maximum atomic E-state index is 12.3. The molecule has 0 aliphatic heterocycles. The van der Waals surface area contributed by atoms with Crippen LogP contribution < -0.4 is 10.2 Å². The summed E-state index contributed by atoms with van der Waals surface area (Å²) in [5.41, 5.74) is 5.95. The van der Waals surface area contributed by atoms with E-state index >= 15 is 0 Å². The molecule has 130 valence electrons. The number of benzene rings is 2. The first-order chi connectivity index (χ1) is 12.8. The molecule has 1 amide bonds. The molecular formula is C21H19N3O2. The number of rotatable bonds is 6. The molecule has 0 unspecified atom stereocenters. The Labute approximate surface area is 152 Å². The van der Waals surface area contributed by atoms with Crippen LogP contribution in [0.5, 0.6) is 5.75 Å². The predicted molar refractivity (Wildman–Crippen MR) is 101 cm³/mol. The summed E-state index contributed by atoms with van der Waals surface area (Å²) in [6.45, 7) is 0. The van der Waals surface area contributed by atoms with Gasteiger partial charge in [0, 0.05) is 23.5 Å². The number of carbonyl (C=O) groups excluding carboxylic acids is 1. The first kappa shape index (κ1) is 17.4. The minimum absolute atomic E-state index is 0.188. The van der Waals surface area contributed by atoms with E-state index in [4.69, 9.17) is 4.74 Å². The lowest BCUT2D eigenvalue weighted by molar-refractivity contribution is -0.120.